The zero-order chi connectivity index (χ0) is 14.6. The average Bonchev–Trinajstić information content (AvgIpc) is 2.41. The normalized spacial score (nSPS) is 16.1. The van der Waals surface area contributed by atoms with Gasteiger partial charge in [-0.2, -0.15) is 4.31 Å². The molecule has 1 aliphatic rings. The van der Waals surface area contributed by atoms with Crippen molar-refractivity contribution in [2.24, 2.45) is 0 Å². The van der Waals surface area contributed by atoms with Crippen LogP contribution in [0.25, 0.3) is 0 Å². The minimum atomic E-state index is -3.49. The average molecular weight is 299 g/mol. The predicted molar refractivity (Wildman–Crippen MR) is 76.2 cm³/mol. The van der Waals surface area contributed by atoms with E-state index in [1.165, 1.54) is 4.31 Å². The largest absolute Gasteiger partial charge is 0.497 e. The van der Waals surface area contributed by atoms with Crippen LogP contribution in [0.5, 0.6) is 5.75 Å². The number of nitrogens with zero attached hydrogens (tertiary/aromatic N) is 1. The fourth-order valence-electron chi connectivity index (χ4n) is 2.28. The van der Waals surface area contributed by atoms with Gasteiger partial charge in [0.15, 0.2) is 0 Å². The van der Waals surface area contributed by atoms with Gasteiger partial charge in [0.25, 0.3) is 0 Å². The van der Waals surface area contributed by atoms with Gasteiger partial charge >= 0.3 is 0 Å². The first-order chi connectivity index (χ1) is 9.59. The highest BCUT2D eigenvalue weighted by atomic mass is 32.2. The van der Waals surface area contributed by atoms with Crippen molar-refractivity contribution >= 4 is 10.0 Å². The second-order valence-electron chi connectivity index (χ2n) is 4.95. The molecule has 6 heteroatoms. The van der Waals surface area contributed by atoms with E-state index < -0.39 is 10.0 Å². The highest BCUT2D eigenvalue weighted by Crippen LogP contribution is 2.30. The van der Waals surface area contributed by atoms with Crippen LogP contribution < -0.4 is 4.74 Å². The Kier molecular flexibility index (Phi) is 5.01. The minimum absolute atomic E-state index is 0.00134. The van der Waals surface area contributed by atoms with E-state index in [0.717, 1.165) is 19.3 Å². The fourth-order valence-corrected chi connectivity index (χ4v) is 4.01. The Morgan fingerprint density at radius 2 is 1.95 bits per heavy atom. The summed E-state index contributed by atoms with van der Waals surface area (Å²) < 4.78 is 31.9. The number of ether oxygens (including phenoxy) is 1. The molecule has 5 nitrogen and oxygen atoms in total. The molecule has 0 bridgehead atoms. The Morgan fingerprint density at radius 3 is 2.40 bits per heavy atom. The lowest BCUT2D eigenvalue weighted by Gasteiger charge is -2.36. The molecule has 0 heterocycles. The maximum Gasteiger partial charge on any atom is 0.243 e. The van der Waals surface area contributed by atoms with Gasteiger partial charge in [-0.25, -0.2) is 8.42 Å². The summed E-state index contributed by atoms with van der Waals surface area (Å²) in [6, 6.07) is 6.52. The van der Waals surface area contributed by atoms with Crippen LogP contribution in [0.2, 0.25) is 0 Å². The van der Waals surface area contributed by atoms with Gasteiger partial charge in [0.05, 0.1) is 12.0 Å². The predicted octanol–water partition coefficient (Wildman–Crippen LogP) is 1.62. The second-order valence-corrected chi connectivity index (χ2v) is 6.84. The summed E-state index contributed by atoms with van der Waals surface area (Å²) in [6.07, 6.45) is 3.34. The van der Waals surface area contributed by atoms with Crippen molar-refractivity contribution in [3.63, 3.8) is 0 Å². The summed E-state index contributed by atoms with van der Waals surface area (Å²) in [4.78, 5) is 0.281. The molecule has 0 saturated heterocycles. The molecule has 1 aromatic carbocycles. The van der Waals surface area contributed by atoms with Gasteiger partial charge in [-0.05, 0) is 43.5 Å². The molecule has 0 atom stereocenters. The summed E-state index contributed by atoms with van der Waals surface area (Å²) in [7, 11) is -1.94. The highest BCUT2D eigenvalue weighted by molar-refractivity contribution is 7.89. The number of aliphatic hydroxyl groups excluding tert-OH is 1. The van der Waals surface area contributed by atoms with Crippen molar-refractivity contribution in [3.05, 3.63) is 24.3 Å². The Balaban J connectivity index is 2.23. The number of benzene rings is 1. The molecule has 0 aromatic heterocycles. The molecule has 1 aliphatic carbocycles. The molecule has 1 saturated carbocycles. The molecular formula is C14H21NO4S. The van der Waals surface area contributed by atoms with Crippen molar-refractivity contribution in [3.8, 4) is 5.75 Å². The smallest absolute Gasteiger partial charge is 0.243 e. The number of rotatable bonds is 7. The maximum atomic E-state index is 12.7. The van der Waals surface area contributed by atoms with Crippen LogP contribution in [0.3, 0.4) is 0 Å². The quantitative estimate of drug-likeness (QED) is 0.831. The van der Waals surface area contributed by atoms with Gasteiger partial charge in [-0.1, -0.05) is 6.42 Å². The molecule has 20 heavy (non-hydrogen) atoms. The third kappa shape index (κ3) is 3.13. The van der Waals surface area contributed by atoms with E-state index in [2.05, 4.69) is 0 Å². The van der Waals surface area contributed by atoms with Gasteiger partial charge in [0.1, 0.15) is 5.75 Å². The maximum absolute atomic E-state index is 12.7. The molecule has 112 valence electrons. The van der Waals surface area contributed by atoms with Crippen LogP contribution in [0.1, 0.15) is 25.7 Å². The molecular weight excluding hydrogens is 278 g/mol. The Hall–Kier alpha value is -1.11. The third-order valence-electron chi connectivity index (χ3n) is 3.68. The number of methoxy groups -OCH3 is 1. The first-order valence-electron chi connectivity index (χ1n) is 6.86. The Labute approximate surface area is 120 Å². The van der Waals surface area contributed by atoms with Gasteiger partial charge in [0, 0.05) is 19.2 Å². The van der Waals surface area contributed by atoms with Gasteiger partial charge < -0.3 is 9.84 Å². The van der Waals surface area contributed by atoms with Gasteiger partial charge in [-0.3, -0.25) is 0 Å². The number of aliphatic hydroxyl groups is 1. The second kappa shape index (κ2) is 6.56. The zero-order valence-corrected chi connectivity index (χ0v) is 12.5. The lowest BCUT2D eigenvalue weighted by atomic mass is 9.93. The van der Waals surface area contributed by atoms with E-state index >= 15 is 0 Å². The number of sulfonamides is 1. The standard InChI is InChI=1S/C14H21NO4S/c1-19-13-6-8-14(9-7-13)20(17,18)15(10-3-11-16)12-4-2-5-12/h6-9,12,16H,2-5,10-11H2,1H3. The summed E-state index contributed by atoms with van der Waals surface area (Å²) >= 11 is 0. The summed E-state index contributed by atoms with van der Waals surface area (Å²) in [5, 5.41) is 8.95. The van der Waals surface area contributed by atoms with Crippen LogP contribution in [0.4, 0.5) is 0 Å². The Morgan fingerprint density at radius 1 is 1.30 bits per heavy atom. The molecule has 0 aliphatic heterocycles. The van der Waals surface area contributed by atoms with Crippen LogP contribution in [-0.2, 0) is 10.0 Å². The molecule has 0 unspecified atom stereocenters. The summed E-state index contributed by atoms with van der Waals surface area (Å²) in [5.74, 6) is 0.634. The number of hydrogen-bond acceptors (Lipinski definition) is 4. The van der Waals surface area contributed by atoms with E-state index in [-0.39, 0.29) is 17.5 Å². The minimum Gasteiger partial charge on any atom is -0.497 e. The third-order valence-corrected chi connectivity index (χ3v) is 5.65. The van der Waals surface area contributed by atoms with E-state index in [1.54, 1.807) is 31.4 Å². The van der Waals surface area contributed by atoms with E-state index in [9.17, 15) is 8.42 Å². The van der Waals surface area contributed by atoms with E-state index in [1.807, 2.05) is 0 Å². The SMILES string of the molecule is COc1ccc(S(=O)(=O)N(CCCO)C2CCC2)cc1. The highest BCUT2D eigenvalue weighted by Gasteiger charge is 2.34. The van der Waals surface area contributed by atoms with Gasteiger partial charge in [-0.15, -0.1) is 0 Å². The molecule has 2 rings (SSSR count). The summed E-state index contributed by atoms with van der Waals surface area (Å²) in [6.45, 7) is 0.372. The monoisotopic (exact) mass is 299 g/mol. The molecule has 0 spiro atoms. The molecule has 0 radical (unpaired) electrons. The zero-order valence-electron chi connectivity index (χ0n) is 11.7. The Bertz CT molecular complexity index is 523. The number of hydrogen-bond donors (Lipinski definition) is 1. The van der Waals surface area contributed by atoms with Crippen molar-refractivity contribution in [2.45, 2.75) is 36.6 Å². The molecule has 0 amide bonds. The lowest BCUT2D eigenvalue weighted by molar-refractivity contribution is 0.198. The fraction of sp³-hybridized carbons (Fsp3) is 0.571. The topological polar surface area (TPSA) is 66.8 Å². The van der Waals surface area contributed by atoms with Crippen LogP contribution in [0, 0.1) is 0 Å². The van der Waals surface area contributed by atoms with E-state index in [4.69, 9.17) is 9.84 Å². The summed E-state index contributed by atoms with van der Waals surface area (Å²) in [5.41, 5.74) is 0. The van der Waals surface area contributed by atoms with Crippen molar-refractivity contribution in [1.82, 2.24) is 4.31 Å². The van der Waals surface area contributed by atoms with Crippen molar-refractivity contribution < 1.29 is 18.3 Å². The van der Waals surface area contributed by atoms with Gasteiger partial charge in [0.2, 0.25) is 10.0 Å². The van der Waals surface area contributed by atoms with Crippen molar-refractivity contribution in [2.75, 3.05) is 20.3 Å². The molecule has 1 fully saturated rings. The van der Waals surface area contributed by atoms with Crippen molar-refractivity contribution in [1.29, 1.82) is 0 Å². The van der Waals surface area contributed by atoms with E-state index in [0.29, 0.717) is 18.7 Å². The first-order valence-corrected chi connectivity index (χ1v) is 8.30. The molecule has 1 aromatic rings. The van der Waals surface area contributed by atoms with Crippen LogP contribution >= 0.6 is 0 Å². The lowest BCUT2D eigenvalue weighted by Crippen LogP contribution is -2.44. The van der Waals surface area contributed by atoms with Crippen LogP contribution in [-0.4, -0.2) is 44.1 Å². The first kappa shape index (κ1) is 15.3. The van der Waals surface area contributed by atoms with Crippen LogP contribution in [0.15, 0.2) is 29.2 Å². The molecule has 1 N–H and O–H groups in total.